The van der Waals surface area contributed by atoms with E-state index in [1.54, 1.807) is 6.07 Å². The van der Waals surface area contributed by atoms with Crippen molar-refractivity contribution in [2.75, 3.05) is 14.2 Å². The van der Waals surface area contributed by atoms with Gasteiger partial charge in [-0.3, -0.25) is 34.4 Å². The van der Waals surface area contributed by atoms with Crippen LogP contribution >= 0.6 is 0 Å². The summed E-state index contributed by atoms with van der Waals surface area (Å²) >= 11 is 0. The lowest BCUT2D eigenvalue weighted by Crippen LogP contribution is -2.43. The number of aryl methyl sites for hydroxylation is 1. The summed E-state index contributed by atoms with van der Waals surface area (Å²) in [4.78, 5) is 52.9. The third-order valence-electron chi connectivity index (χ3n) is 4.49. The van der Waals surface area contributed by atoms with Crippen molar-refractivity contribution in [1.82, 2.24) is 29.5 Å². The fraction of sp³-hybridized carbons (Fsp3) is 0.278. The van der Waals surface area contributed by atoms with Crippen LogP contribution in [-0.4, -0.2) is 44.7 Å². The lowest BCUT2D eigenvalue weighted by atomic mass is 10.2. The first kappa shape index (κ1) is 20.6. The molecule has 0 unspecified atom stereocenters. The molecule has 2 aromatic heterocycles. The van der Waals surface area contributed by atoms with Gasteiger partial charge in [0.1, 0.15) is 6.54 Å². The van der Waals surface area contributed by atoms with Crippen molar-refractivity contribution in [2.24, 2.45) is 14.1 Å². The summed E-state index contributed by atoms with van der Waals surface area (Å²) in [5.74, 6) is -0.346. The van der Waals surface area contributed by atoms with Crippen LogP contribution in [0.5, 0.6) is 11.5 Å². The van der Waals surface area contributed by atoms with Gasteiger partial charge in [0.25, 0.3) is 17.4 Å². The van der Waals surface area contributed by atoms with Crippen LogP contribution in [0.3, 0.4) is 0 Å². The number of carbonyl (C=O) groups is 2. The molecule has 0 saturated carbocycles. The van der Waals surface area contributed by atoms with Crippen LogP contribution in [0.4, 0.5) is 0 Å². The molecule has 2 amide bonds. The van der Waals surface area contributed by atoms with Crippen molar-refractivity contribution in [3.63, 3.8) is 0 Å². The number of hydrogen-bond acceptors (Lipinski definition) is 7. The highest BCUT2D eigenvalue weighted by molar-refractivity contribution is 5.96. The lowest BCUT2D eigenvalue weighted by Gasteiger charge is -2.11. The van der Waals surface area contributed by atoms with Crippen LogP contribution in [0.25, 0.3) is 11.2 Å². The molecule has 2 N–H and O–H groups in total. The molecule has 2 heterocycles. The molecule has 0 aliphatic heterocycles. The molecule has 0 fully saturated rings. The maximum atomic E-state index is 12.4. The summed E-state index contributed by atoms with van der Waals surface area (Å²) in [7, 11) is 5.73. The SMILES string of the molecule is COc1ccc(C(=O)NNC(=O)Cn2cnc3c2c(=O)n(C)c(=O)n3C)cc1OC. The lowest BCUT2D eigenvalue weighted by molar-refractivity contribution is -0.122. The Hall–Kier alpha value is -4.09. The molecule has 0 atom stereocenters. The predicted molar refractivity (Wildman–Crippen MR) is 105 cm³/mol. The molecular formula is C18H20N6O6. The molecule has 3 aromatic rings. The van der Waals surface area contributed by atoms with Crippen molar-refractivity contribution in [3.05, 3.63) is 50.9 Å². The van der Waals surface area contributed by atoms with E-state index in [1.807, 2.05) is 0 Å². The number of nitrogens with zero attached hydrogens (tertiary/aromatic N) is 4. The van der Waals surface area contributed by atoms with Gasteiger partial charge in [0.15, 0.2) is 22.7 Å². The first-order valence-corrected chi connectivity index (χ1v) is 8.70. The summed E-state index contributed by atoms with van der Waals surface area (Å²) in [6.07, 6.45) is 1.28. The smallest absolute Gasteiger partial charge is 0.332 e. The summed E-state index contributed by atoms with van der Waals surface area (Å²) in [5, 5.41) is 0. The number of amides is 2. The molecule has 0 spiro atoms. The number of nitrogens with one attached hydrogen (secondary N) is 2. The number of carbonyl (C=O) groups excluding carboxylic acids is 2. The summed E-state index contributed by atoms with van der Waals surface area (Å²) in [5.41, 5.74) is 3.96. The summed E-state index contributed by atoms with van der Waals surface area (Å²) in [6.45, 7) is -0.295. The Bertz CT molecular complexity index is 1250. The second kappa shape index (κ2) is 8.11. The normalized spacial score (nSPS) is 10.7. The maximum absolute atomic E-state index is 12.4. The fourth-order valence-corrected chi connectivity index (χ4v) is 2.89. The Kier molecular flexibility index (Phi) is 5.58. The number of aromatic nitrogens is 4. The zero-order chi connectivity index (χ0) is 22.0. The number of ether oxygens (including phenoxy) is 2. The van der Waals surface area contributed by atoms with Gasteiger partial charge in [0.05, 0.1) is 20.5 Å². The number of hydrogen-bond donors (Lipinski definition) is 2. The molecule has 158 valence electrons. The molecule has 0 aliphatic rings. The highest BCUT2D eigenvalue weighted by Gasteiger charge is 2.17. The van der Waals surface area contributed by atoms with E-state index in [-0.39, 0.29) is 23.3 Å². The monoisotopic (exact) mass is 416 g/mol. The van der Waals surface area contributed by atoms with E-state index in [1.165, 1.54) is 55.9 Å². The van der Waals surface area contributed by atoms with Gasteiger partial charge in [-0.2, -0.15) is 0 Å². The second-order valence-corrected chi connectivity index (χ2v) is 6.32. The van der Waals surface area contributed by atoms with Crippen LogP contribution in [0.15, 0.2) is 34.1 Å². The highest BCUT2D eigenvalue weighted by Crippen LogP contribution is 2.27. The largest absolute Gasteiger partial charge is 0.493 e. The van der Waals surface area contributed by atoms with Crippen molar-refractivity contribution < 1.29 is 19.1 Å². The minimum Gasteiger partial charge on any atom is -0.493 e. The predicted octanol–water partition coefficient (Wildman–Crippen LogP) is -1.09. The molecule has 0 saturated heterocycles. The molecule has 3 rings (SSSR count). The zero-order valence-corrected chi connectivity index (χ0v) is 16.8. The van der Waals surface area contributed by atoms with Crippen molar-refractivity contribution in [1.29, 1.82) is 0 Å². The first-order valence-electron chi connectivity index (χ1n) is 8.70. The minimum atomic E-state index is -0.598. The molecule has 0 bridgehead atoms. The average molecular weight is 416 g/mol. The topological polar surface area (TPSA) is 138 Å². The summed E-state index contributed by atoms with van der Waals surface area (Å²) in [6, 6.07) is 4.54. The van der Waals surface area contributed by atoms with Crippen molar-refractivity contribution >= 4 is 23.0 Å². The molecule has 12 heteroatoms. The molecule has 12 nitrogen and oxygen atoms in total. The van der Waals surface area contributed by atoms with Crippen LogP contribution in [0.2, 0.25) is 0 Å². The van der Waals surface area contributed by atoms with Crippen LogP contribution in [0, 0.1) is 0 Å². The Morgan fingerprint density at radius 2 is 1.73 bits per heavy atom. The quantitative estimate of drug-likeness (QED) is 0.504. The van der Waals surface area contributed by atoms with E-state index in [0.29, 0.717) is 11.5 Å². The number of rotatable bonds is 5. The Balaban J connectivity index is 1.73. The molecule has 1 aromatic carbocycles. The third kappa shape index (κ3) is 3.62. The van der Waals surface area contributed by atoms with E-state index in [2.05, 4.69) is 15.8 Å². The fourth-order valence-electron chi connectivity index (χ4n) is 2.89. The van der Waals surface area contributed by atoms with Gasteiger partial charge in [-0.25, -0.2) is 9.78 Å². The second-order valence-electron chi connectivity index (χ2n) is 6.32. The van der Waals surface area contributed by atoms with E-state index in [0.717, 1.165) is 4.57 Å². The van der Waals surface area contributed by atoms with Gasteiger partial charge in [0.2, 0.25) is 0 Å². The van der Waals surface area contributed by atoms with E-state index < -0.39 is 23.1 Å². The zero-order valence-electron chi connectivity index (χ0n) is 16.8. The standard InChI is InChI=1S/C18H20N6O6/c1-22-15-14(17(27)23(2)18(22)28)24(9-19-15)8-13(25)20-21-16(26)10-5-6-11(29-3)12(7-10)30-4/h5-7,9H,8H2,1-4H3,(H,20,25)(H,21,26). The van der Waals surface area contributed by atoms with Gasteiger partial charge in [-0.1, -0.05) is 0 Å². The van der Waals surface area contributed by atoms with Crippen molar-refractivity contribution in [3.8, 4) is 11.5 Å². The minimum absolute atomic E-state index is 0.0981. The summed E-state index contributed by atoms with van der Waals surface area (Å²) < 4.78 is 13.7. The van der Waals surface area contributed by atoms with Gasteiger partial charge in [0, 0.05) is 19.7 Å². The molecule has 0 radical (unpaired) electrons. The maximum Gasteiger partial charge on any atom is 0.332 e. The van der Waals surface area contributed by atoms with E-state index >= 15 is 0 Å². The number of benzene rings is 1. The van der Waals surface area contributed by atoms with Crippen LogP contribution in [0.1, 0.15) is 10.4 Å². The highest BCUT2D eigenvalue weighted by atomic mass is 16.5. The van der Waals surface area contributed by atoms with Crippen molar-refractivity contribution in [2.45, 2.75) is 6.54 Å². The Morgan fingerprint density at radius 1 is 1.03 bits per heavy atom. The van der Waals surface area contributed by atoms with E-state index in [9.17, 15) is 19.2 Å². The Morgan fingerprint density at radius 3 is 2.40 bits per heavy atom. The third-order valence-corrected chi connectivity index (χ3v) is 4.49. The van der Waals surface area contributed by atoms with Gasteiger partial charge in [-0.05, 0) is 18.2 Å². The van der Waals surface area contributed by atoms with Gasteiger partial charge in [-0.15, -0.1) is 0 Å². The number of hydrazine groups is 1. The molecular weight excluding hydrogens is 396 g/mol. The number of imidazole rings is 1. The molecule has 0 aliphatic carbocycles. The average Bonchev–Trinajstić information content (AvgIpc) is 3.17. The van der Waals surface area contributed by atoms with Gasteiger partial charge >= 0.3 is 5.69 Å². The van der Waals surface area contributed by atoms with Gasteiger partial charge < -0.3 is 14.0 Å². The van der Waals surface area contributed by atoms with Crippen LogP contribution in [-0.2, 0) is 25.4 Å². The number of methoxy groups -OCH3 is 2. The molecule has 30 heavy (non-hydrogen) atoms. The Labute approximate surface area is 169 Å². The van der Waals surface area contributed by atoms with E-state index in [4.69, 9.17) is 9.47 Å². The first-order chi connectivity index (χ1) is 14.3. The van der Waals surface area contributed by atoms with Crippen LogP contribution < -0.4 is 31.6 Å². The number of fused-ring (bicyclic) bond motifs is 1.